The Morgan fingerprint density at radius 1 is 1.42 bits per heavy atom. The first kappa shape index (κ1) is 14.0. The van der Waals surface area contributed by atoms with Crippen LogP contribution in [0.5, 0.6) is 0 Å². The molecule has 0 spiro atoms. The quantitative estimate of drug-likeness (QED) is 0.827. The minimum Gasteiger partial charge on any atom is -0.320 e. The van der Waals surface area contributed by atoms with Crippen LogP contribution in [-0.2, 0) is 6.54 Å². The van der Waals surface area contributed by atoms with Crippen molar-refractivity contribution in [3.63, 3.8) is 0 Å². The highest BCUT2D eigenvalue weighted by atomic mass is 19.1. The van der Waals surface area contributed by atoms with Gasteiger partial charge in [0.2, 0.25) is 0 Å². The van der Waals surface area contributed by atoms with Crippen LogP contribution in [0.2, 0.25) is 0 Å². The van der Waals surface area contributed by atoms with Gasteiger partial charge in [0.15, 0.2) is 0 Å². The smallest absolute Gasteiger partial charge is 0.128 e. The zero-order valence-corrected chi connectivity index (χ0v) is 11.7. The molecule has 1 aromatic carbocycles. The zero-order valence-electron chi connectivity index (χ0n) is 11.7. The third-order valence-electron chi connectivity index (χ3n) is 3.54. The van der Waals surface area contributed by atoms with Crippen LogP contribution in [0, 0.1) is 23.1 Å². The Labute approximate surface area is 114 Å². The van der Waals surface area contributed by atoms with Gasteiger partial charge in [-0.1, -0.05) is 31.8 Å². The normalized spacial score (nSPS) is 18.1. The summed E-state index contributed by atoms with van der Waals surface area (Å²) < 4.78 is 14.0. The predicted octanol–water partition coefficient (Wildman–Crippen LogP) is 2.37. The van der Waals surface area contributed by atoms with Crippen LogP contribution in [0.15, 0.2) is 18.2 Å². The Bertz CT molecular complexity index is 511. The van der Waals surface area contributed by atoms with E-state index in [9.17, 15) is 4.39 Å². The van der Waals surface area contributed by atoms with E-state index < -0.39 is 0 Å². The van der Waals surface area contributed by atoms with Crippen LogP contribution in [0.1, 0.15) is 31.4 Å². The molecule has 0 atom stereocenters. The molecule has 19 heavy (non-hydrogen) atoms. The van der Waals surface area contributed by atoms with Crippen molar-refractivity contribution >= 4 is 0 Å². The van der Waals surface area contributed by atoms with Crippen LogP contribution < -0.4 is 5.73 Å². The molecule has 2 N–H and O–H groups in total. The third kappa shape index (κ3) is 3.79. The molecule has 1 fully saturated rings. The number of hydrogen-bond acceptors (Lipinski definition) is 2. The second-order valence-corrected chi connectivity index (χ2v) is 5.94. The summed E-state index contributed by atoms with van der Waals surface area (Å²) in [6.07, 6.45) is 1.18. The molecule has 0 aromatic heterocycles. The summed E-state index contributed by atoms with van der Waals surface area (Å²) in [4.78, 5) is 2.31. The van der Waals surface area contributed by atoms with Crippen molar-refractivity contribution in [2.24, 2.45) is 11.1 Å². The summed E-state index contributed by atoms with van der Waals surface area (Å²) in [6, 6.07) is 5.20. The van der Waals surface area contributed by atoms with E-state index in [0.717, 1.165) is 18.7 Å². The molecule has 102 valence electrons. The zero-order chi connectivity index (χ0) is 13.9. The van der Waals surface area contributed by atoms with Gasteiger partial charge in [-0.3, -0.25) is 4.90 Å². The van der Waals surface area contributed by atoms with Crippen molar-refractivity contribution in [1.29, 1.82) is 0 Å². The van der Waals surface area contributed by atoms with Gasteiger partial charge in [-0.25, -0.2) is 4.39 Å². The standard InChI is InChI=1S/C16H21FN2/c1-16(2)7-9-19(12-16)11-14-6-5-13(4-3-8-18)10-15(14)17/h5-6,10H,7-9,11-12,18H2,1-2H3. The van der Waals surface area contributed by atoms with Gasteiger partial charge in [0.05, 0.1) is 6.54 Å². The fourth-order valence-corrected chi connectivity index (χ4v) is 2.51. The summed E-state index contributed by atoms with van der Waals surface area (Å²) >= 11 is 0. The van der Waals surface area contributed by atoms with E-state index in [1.165, 1.54) is 12.5 Å². The number of benzene rings is 1. The Kier molecular flexibility index (Phi) is 4.24. The number of nitrogens with zero attached hydrogens (tertiary/aromatic N) is 1. The van der Waals surface area contributed by atoms with Gasteiger partial charge in [0.25, 0.3) is 0 Å². The van der Waals surface area contributed by atoms with Gasteiger partial charge >= 0.3 is 0 Å². The Morgan fingerprint density at radius 2 is 2.21 bits per heavy atom. The van der Waals surface area contributed by atoms with Crippen molar-refractivity contribution in [2.45, 2.75) is 26.8 Å². The highest BCUT2D eigenvalue weighted by Crippen LogP contribution is 2.30. The van der Waals surface area contributed by atoms with Crippen molar-refractivity contribution in [1.82, 2.24) is 4.90 Å². The maximum absolute atomic E-state index is 14.0. The highest BCUT2D eigenvalue weighted by Gasteiger charge is 2.29. The molecule has 0 bridgehead atoms. The number of hydrogen-bond donors (Lipinski definition) is 1. The number of nitrogens with two attached hydrogens (primary N) is 1. The first-order valence-corrected chi connectivity index (χ1v) is 6.70. The van der Waals surface area contributed by atoms with E-state index in [4.69, 9.17) is 5.73 Å². The summed E-state index contributed by atoms with van der Waals surface area (Å²) in [5.41, 5.74) is 7.09. The van der Waals surface area contributed by atoms with E-state index in [1.54, 1.807) is 0 Å². The average Bonchev–Trinajstić information content (AvgIpc) is 2.69. The summed E-state index contributed by atoms with van der Waals surface area (Å²) in [6.45, 7) is 7.57. The molecule has 0 saturated carbocycles. The molecule has 0 aliphatic carbocycles. The van der Waals surface area contributed by atoms with E-state index in [2.05, 4.69) is 30.6 Å². The SMILES string of the molecule is CC1(C)CCN(Cc2ccc(C#CCN)cc2F)C1. The largest absolute Gasteiger partial charge is 0.320 e. The topological polar surface area (TPSA) is 29.3 Å². The van der Waals surface area contributed by atoms with Crippen LogP contribution in [-0.4, -0.2) is 24.5 Å². The van der Waals surface area contributed by atoms with E-state index >= 15 is 0 Å². The molecule has 1 saturated heterocycles. The highest BCUT2D eigenvalue weighted by molar-refractivity contribution is 5.37. The fourth-order valence-electron chi connectivity index (χ4n) is 2.51. The van der Waals surface area contributed by atoms with Crippen LogP contribution in [0.25, 0.3) is 0 Å². The molecular formula is C16H21FN2. The molecule has 1 aliphatic rings. The Morgan fingerprint density at radius 3 is 2.79 bits per heavy atom. The van der Waals surface area contributed by atoms with Gasteiger partial charge in [0.1, 0.15) is 5.82 Å². The van der Waals surface area contributed by atoms with E-state index in [-0.39, 0.29) is 5.82 Å². The summed E-state index contributed by atoms with van der Waals surface area (Å²) in [7, 11) is 0. The van der Waals surface area contributed by atoms with Crippen molar-refractivity contribution in [2.75, 3.05) is 19.6 Å². The van der Waals surface area contributed by atoms with Crippen molar-refractivity contribution in [3.05, 3.63) is 35.1 Å². The molecule has 3 heteroatoms. The molecule has 0 amide bonds. The maximum Gasteiger partial charge on any atom is 0.128 e. The van der Waals surface area contributed by atoms with Gasteiger partial charge in [-0.05, 0) is 30.5 Å². The lowest BCUT2D eigenvalue weighted by Crippen LogP contribution is -2.23. The first-order chi connectivity index (χ1) is 9.00. The lowest BCUT2D eigenvalue weighted by atomic mass is 9.93. The Hall–Kier alpha value is -1.37. The van der Waals surface area contributed by atoms with Crippen molar-refractivity contribution in [3.8, 4) is 11.8 Å². The number of likely N-dealkylation sites (tertiary alicyclic amines) is 1. The molecule has 0 radical (unpaired) electrons. The monoisotopic (exact) mass is 260 g/mol. The lowest BCUT2D eigenvalue weighted by Gasteiger charge is -2.19. The van der Waals surface area contributed by atoms with E-state index in [1.807, 2.05) is 12.1 Å². The minimum atomic E-state index is -0.173. The van der Waals surface area contributed by atoms with Crippen LogP contribution >= 0.6 is 0 Å². The maximum atomic E-state index is 14.0. The second kappa shape index (κ2) is 5.73. The number of halogens is 1. The van der Waals surface area contributed by atoms with E-state index in [0.29, 0.717) is 24.1 Å². The molecule has 1 heterocycles. The molecule has 2 nitrogen and oxygen atoms in total. The third-order valence-corrected chi connectivity index (χ3v) is 3.54. The van der Waals surface area contributed by atoms with Gasteiger partial charge in [-0.15, -0.1) is 0 Å². The molecule has 1 aliphatic heterocycles. The number of rotatable bonds is 2. The Balaban J connectivity index is 2.06. The van der Waals surface area contributed by atoms with Gasteiger partial charge in [-0.2, -0.15) is 0 Å². The molecule has 0 unspecified atom stereocenters. The van der Waals surface area contributed by atoms with Crippen molar-refractivity contribution < 1.29 is 4.39 Å². The molecule has 2 rings (SSSR count). The first-order valence-electron chi connectivity index (χ1n) is 6.70. The fraction of sp³-hybridized carbons (Fsp3) is 0.500. The second-order valence-electron chi connectivity index (χ2n) is 5.94. The van der Waals surface area contributed by atoms with Gasteiger partial charge in [0, 0.05) is 24.2 Å². The average molecular weight is 260 g/mol. The van der Waals surface area contributed by atoms with Gasteiger partial charge < -0.3 is 5.73 Å². The summed E-state index contributed by atoms with van der Waals surface area (Å²) in [5.74, 6) is 5.41. The lowest BCUT2D eigenvalue weighted by molar-refractivity contribution is 0.281. The molecular weight excluding hydrogens is 239 g/mol. The van der Waals surface area contributed by atoms with Crippen LogP contribution in [0.4, 0.5) is 4.39 Å². The summed E-state index contributed by atoms with van der Waals surface area (Å²) in [5, 5.41) is 0. The predicted molar refractivity (Wildman–Crippen MR) is 76.0 cm³/mol. The molecule has 1 aromatic rings. The minimum absolute atomic E-state index is 0.173. The van der Waals surface area contributed by atoms with Crippen LogP contribution in [0.3, 0.4) is 0 Å².